The number of rotatable bonds is 7. The van der Waals surface area contributed by atoms with Crippen molar-refractivity contribution < 1.29 is 24.4 Å². The van der Waals surface area contributed by atoms with Crippen molar-refractivity contribution in [2.24, 2.45) is 11.8 Å². The molecule has 9 heteroatoms. The fourth-order valence-electron chi connectivity index (χ4n) is 4.19. The monoisotopic (exact) mass is 454 g/mol. The first-order chi connectivity index (χ1) is 15.3. The highest BCUT2D eigenvalue weighted by Gasteiger charge is 2.60. The van der Waals surface area contributed by atoms with Gasteiger partial charge >= 0.3 is 5.97 Å². The minimum absolute atomic E-state index is 0.0490. The Morgan fingerprint density at radius 1 is 1.22 bits per heavy atom. The number of esters is 1. The molecule has 2 aromatic rings. The van der Waals surface area contributed by atoms with Gasteiger partial charge in [-0.25, -0.2) is 4.79 Å². The molecular formula is C23H22N2O6S. The van der Waals surface area contributed by atoms with Crippen molar-refractivity contribution in [1.82, 2.24) is 4.90 Å². The number of non-ortho nitro benzene ring substituents is 1. The van der Waals surface area contributed by atoms with Gasteiger partial charge in [0.05, 0.1) is 23.0 Å². The molecule has 4 atom stereocenters. The van der Waals surface area contributed by atoms with Crippen molar-refractivity contribution in [2.75, 3.05) is 0 Å². The highest BCUT2D eigenvalue weighted by atomic mass is 32.2. The van der Waals surface area contributed by atoms with Crippen LogP contribution in [0.5, 0.6) is 0 Å². The molecule has 0 saturated carbocycles. The summed E-state index contributed by atoms with van der Waals surface area (Å²) in [6.07, 6.45) is -0.815. The number of fused-ring (bicyclic) bond motifs is 1. The van der Waals surface area contributed by atoms with E-state index in [9.17, 15) is 24.8 Å². The Balaban J connectivity index is 1.58. The molecule has 0 bridgehead atoms. The summed E-state index contributed by atoms with van der Waals surface area (Å²) in [7, 11) is 0. The van der Waals surface area contributed by atoms with Gasteiger partial charge in [0.1, 0.15) is 12.3 Å². The molecular weight excluding hydrogens is 432 g/mol. The van der Waals surface area contributed by atoms with E-state index in [0.717, 1.165) is 9.80 Å². The van der Waals surface area contributed by atoms with Crippen LogP contribution in [0.1, 0.15) is 19.4 Å². The predicted molar refractivity (Wildman–Crippen MR) is 117 cm³/mol. The molecule has 1 N–H and O–H groups in total. The molecule has 4 rings (SSSR count). The molecule has 1 saturated heterocycles. The summed E-state index contributed by atoms with van der Waals surface area (Å²) in [6.45, 7) is 3.45. The first-order valence-electron chi connectivity index (χ1n) is 10.2. The van der Waals surface area contributed by atoms with Crippen LogP contribution in [-0.4, -0.2) is 39.0 Å². The summed E-state index contributed by atoms with van der Waals surface area (Å²) in [5.41, 5.74) is 0.758. The maximum absolute atomic E-state index is 13.1. The van der Waals surface area contributed by atoms with Crippen LogP contribution in [-0.2, 0) is 20.9 Å². The topological polar surface area (TPSA) is 110 Å². The highest BCUT2D eigenvalue weighted by Crippen LogP contribution is 2.52. The van der Waals surface area contributed by atoms with Gasteiger partial charge in [0, 0.05) is 27.9 Å². The number of amides is 1. The first-order valence-corrected chi connectivity index (χ1v) is 11.0. The van der Waals surface area contributed by atoms with E-state index in [4.69, 9.17) is 4.74 Å². The number of aliphatic hydroxyl groups is 1. The van der Waals surface area contributed by atoms with Crippen LogP contribution >= 0.6 is 11.8 Å². The third kappa shape index (κ3) is 3.89. The molecule has 0 aliphatic carbocycles. The molecule has 0 radical (unpaired) electrons. The number of aliphatic hydroxyl groups excluding tert-OH is 1. The van der Waals surface area contributed by atoms with Crippen molar-refractivity contribution in [3.05, 3.63) is 80.9 Å². The number of ether oxygens (including phenoxy) is 1. The Morgan fingerprint density at radius 3 is 2.47 bits per heavy atom. The summed E-state index contributed by atoms with van der Waals surface area (Å²) < 4.78 is 5.49. The number of hydrogen-bond donors (Lipinski definition) is 1. The molecule has 8 nitrogen and oxygen atoms in total. The van der Waals surface area contributed by atoms with E-state index in [1.54, 1.807) is 6.92 Å². The molecule has 0 spiro atoms. The predicted octanol–water partition coefficient (Wildman–Crippen LogP) is 3.50. The van der Waals surface area contributed by atoms with Gasteiger partial charge < -0.3 is 14.7 Å². The fraction of sp³-hybridized carbons (Fsp3) is 0.304. The average molecular weight is 455 g/mol. The van der Waals surface area contributed by atoms with Gasteiger partial charge in [0.15, 0.2) is 0 Å². The van der Waals surface area contributed by atoms with E-state index >= 15 is 0 Å². The zero-order valence-corrected chi connectivity index (χ0v) is 18.3. The number of hydrogen-bond acceptors (Lipinski definition) is 7. The van der Waals surface area contributed by atoms with Crippen molar-refractivity contribution in [2.45, 2.75) is 37.5 Å². The maximum Gasteiger partial charge on any atom is 0.356 e. The molecule has 32 heavy (non-hydrogen) atoms. The third-order valence-corrected chi connectivity index (χ3v) is 7.08. The Labute approximate surface area is 189 Å². The lowest BCUT2D eigenvalue weighted by molar-refractivity contribution is -0.384. The van der Waals surface area contributed by atoms with E-state index < -0.39 is 22.9 Å². The number of carbonyl (C=O) groups is 2. The number of nitro benzene ring substituents is 1. The summed E-state index contributed by atoms with van der Waals surface area (Å²) in [4.78, 5) is 39.3. The second-order valence-electron chi connectivity index (χ2n) is 7.88. The average Bonchev–Trinajstić information content (AvgIpc) is 3.01. The van der Waals surface area contributed by atoms with Crippen molar-refractivity contribution in [1.29, 1.82) is 0 Å². The Morgan fingerprint density at radius 2 is 1.88 bits per heavy atom. The lowest BCUT2D eigenvalue weighted by atomic mass is 9.79. The van der Waals surface area contributed by atoms with Crippen LogP contribution < -0.4 is 0 Å². The molecule has 166 valence electrons. The number of benzene rings is 2. The van der Waals surface area contributed by atoms with Crippen LogP contribution in [0, 0.1) is 22.0 Å². The van der Waals surface area contributed by atoms with Gasteiger partial charge in [0.2, 0.25) is 5.91 Å². The van der Waals surface area contributed by atoms with Crippen LogP contribution in [0.2, 0.25) is 0 Å². The van der Waals surface area contributed by atoms with Gasteiger partial charge in [0.25, 0.3) is 5.69 Å². The Hall–Kier alpha value is -3.17. The quantitative estimate of drug-likeness (QED) is 0.295. The van der Waals surface area contributed by atoms with Gasteiger partial charge in [-0.2, -0.15) is 0 Å². The van der Waals surface area contributed by atoms with E-state index in [1.165, 1.54) is 40.9 Å². The molecule has 1 unspecified atom stereocenters. The number of thioether (sulfide) groups is 1. The Kier molecular flexibility index (Phi) is 6.03. The summed E-state index contributed by atoms with van der Waals surface area (Å²) in [5, 5.41) is 20.9. The normalized spacial score (nSPS) is 22.9. The zero-order valence-electron chi connectivity index (χ0n) is 17.5. The number of β-lactam (4-membered cyclic amide) rings is 1. The van der Waals surface area contributed by atoms with Crippen LogP contribution in [0.4, 0.5) is 5.69 Å². The van der Waals surface area contributed by atoms with Crippen molar-refractivity contribution >= 4 is 29.3 Å². The van der Waals surface area contributed by atoms with E-state index in [-0.39, 0.29) is 35.9 Å². The van der Waals surface area contributed by atoms with E-state index in [2.05, 4.69) is 0 Å². The summed E-state index contributed by atoms with van der Waals surface area (Å²) >= 11 is 1.41. The highest BCUT2D eigenvalue weighted by molar-refractivity contribution is 8.03. The van der Waals surface area contributed by atoms with Gasteiger partial charge in [-0.05, 0) is 36.8 Å². The standard InChI is InChI=1S/C23H22N2O6S/c1-13-19-18(14(2)26)22(27)24(19)20(21(13)32-17-6-4-3-5-7-17)23(28)31-12-15-8-10-16(11-9-15)25(29)30/h3-11,13-14,18-19,26H,12H2,1-2H3/t13-,14?,18+,19+/m1/s1. The molecule has 1 fully saturated rings. The molecule has 0 aromatic heterocycles. The SMILES string of the molecule is CC(O)[C@@H]1C(=O)N2C(C(=O)OCc3ccc([N+](=O)[O-])cc3)=C(Sc3ccccc3)[C@H](C)[C@@H]12. The van der Waals surface area contributed by atoms with E-state index in [0.29, 0.717) is 5.56 Å². The zero-order chi connectivity index (χ0) is 23.0. The van der Waals surface area contributed by atoms with Crippen LogP contribution in [0.25, 0.3) is 0 Å². The lowest BCUT2D eigenvalue weighted by Gasteiger charge is -2.46. The maximum atomic E-state index is 13.1. The number of nitro groups is 1. The van der Waals surface area contributed by atoms with Gasteiger partial charge in [-0.3, -0.25) is 14.9 Å². The third-order valence-electron chi connectivity index (χ3n) is 5.79. The number of carbonyl (C=O) groups excluding carboxylic acids is 2. The minimum Gasteiger partial charge on any atom is -0.456 e. The van der Waals surface area contributed by atoms with Gasteiger partial charge in [-0.15, -0.1) is 0 Å². The second-order valence-corrected chi connectivity index (χ2v) is 9.00. The smallest absolute Gasteiger partial charge is 0.356 e. The fourth-order valence-corrected chi connectivity index (χ4v) is 5.34. The molecule has 2 aliphatic rings. The largest absolute Gasteiger partial charge is 0.456 e. The van der Waals surface area contributed by atoms with Crippen molar-refractivity contribution in [3.63, 3.8) is 0 Å². The minimum atomic E-state index is -0.815. The lowest BCUT2D eigenvalue weighted by Crippen LogP contribution is -2.63. The number of nitrogens with zero attached hydrogens (tertiary/aromatic N) is 2. The first kappa shape index (κ1) is 22.0. The second kappa shape index (κ2) is 8.76. The molecule has 2 aromatic carbocycles. The van der Waals surface area contributed by atoms with Crippen LogP contribution in [0.3, 0.4) is 0 Å². The van der Waals surface area contributed by atoms with Crippen molar-refractivity contribution in [3.8, 4) is 0 Å². The molecule has 2 heterocycles. The van der Waals surface area contributed by atoms with Crippen LogP contribution in [0.15, 0.2) is 70.1 Å². The van der Waals surface area contributed by atoms with Gasteiger partial charge in [-0.1, -0.05) is 36.9 Å². The molecule has 2 aliphatic heterocycles. The van der Waals surface area contributed by atoms with E-state index in [1.807, 2.05) is 37.3 Å². The molecule has 1 amide bonds. The summed E-state index contributed by atoms with van der Waals surface area (Å²) in [5.74, 6) is -1.62. The summed E-state index contributed by atoms with van der Waals surface area (Å²) in [6, 6.07) is 15.0. The Bertz CT molecular complexity index is 1080.